The lowest BCUT2D eigenvalue weighted by molar-refractivity contribution is 0.714. The van der Waals surface area contributed by atoms with Gasteiger partial charge in [-0.05, 0) is 117 Å². The first-order valence-electron chi connectivity index (χ1n) is 18.8. The first-order valence-corrected chi connectivity index (χ1v) is 18.8. The van der Waals surface area contributed by atoms with Gasteiger partial charge in [0.05, 0.1) is 11.0 Å². The number of hydrogen-bond donors (Lipinski definition) is 0. The third-order valence-corrected chi connectivity index (χ3v) is 11.8. The molecule has 11 rings (SSSR count). The fourth-order valence-corrected chi connectivity index (χ4v) is 9.16. The monoisotopic (exact) mass is 688 g/mol. The van der Waals surface area contributed by atoms with Crippen molar-refractivity contribution >= 4 is 60.4 Å². The Hall–Kier alpha value is -6.90. The van der Waals surface area contributed by atoms with Gasteiger partial charge >= 0.3 is 0 Å². The molecule has 0 saturated carbocycles. The molecule has 0 amide bonds. The normalized spacial score (nSPS) is 13.1. The van der Waals surface area contributed by atoms with Crippen LogP contribution in [0.1, 0.15) is 23.6 Å². The molecule has 0 fully saturated rings. The quantitative estimate of drug-likeness (QED) is 0.175. The van der Waals surface area contributed by atoms with Gasteiger partial charge in [0, 0.05) is 38.9 Å². The van der Waals surface area contributed by atoms with Gasteiger partial charge < -0.3 is 9.47 Å². The Bertz CT molecular complexity index is 3030. The van der Waals surface area contributed by atoms with Gasteiger partial charge in [0.2, 0.25) is 0 Å². The van der Waals surface area contributed by atoms with Crippen molar-refractivity contribution in [1.82, 2.24) is 4.57 Å². The van der Waals surface area contributed by atoms with E-state index in [1.54, 1.807) is 0 Å². The smallest absolute Gasteiger partial charge is 0.0542 e. The van der Waals surface area contributed by atoms with E-state index in [1.807, 2.05) is 0 Å². The van der Waals surface area contributed by atoms with Crippen molar-refractivity contribution in [1.29, 1.82) is 0 Å². The number of fused-ring (bicyclic) bond motifs is 8. The van der Waals surface area contributed by atoms with Gasteiger partial charge in [0.25, 0.3) is 0 Å². The van der Waals surface area contributed by atoms with Crippen molar-refractivity contribution in [3.05, 3.63) is 217 Å². The van der Waals surface area contributed by atoms with E-state index >= 15 is 0 Å². The Kier molecular flexibility index (Phi) is 6.72. The minimum atomic E-state index is -0.247. The van der Waals surface area contributed by atoms with E-state index in [2.05, 4.69) is 217 Å². The highest BCUT2D eigenvalue weighted by molar-refractivity contribution is 6.11. The molecule has 0 unspecified atom stereocenters. The average molecular weight is 689 g/mol. The molecule has 2 nitrogen and oxygen atoms in total. The predicted molar refractivity (Wildman–Crippen MR) is 228 cm³/mol. The number of nitrogens with zero attached hydrogens (tertiary/aromatic N) is 2. The molecule has 254 valence electrons. The Morgan fingerprint density at radius 2 is 0.907 bits per heavy atom. The second kappa shape index (κ2) is 11.8. The van der Waals surface area contributed by atoms with Crippen LogP contribution in [0.3, 0.4) is 0 Å². The molecule has 0 N–H and O–H groups in total. The lowest BCUT2D eigenvalue weighted by Crippen LogP contribution is -2.22. The van der Waals surface area contributed by atoms with Crippen LogP contribution < -0.4 is 4.90 Å². The number of benzene rings is 9. The Labute approximate surface area is 314 Å². The third kappa shape index (κ3) is 4.53. The van der Waals surface area contributed by atoms with Gasteiger partial charge in [-0.15, -0.1) is 0 Å². The molecule has 2 heteroatoms. The summed E-state index contributed by atoms with van der Waals surface area (Å²) >= 11 is 0. The summed E-state index contributed by atoms with van der Waals surface area (Å²) in [5, 5.41) is 7.40. The van der Waals surface area contributed by atoms with E-state index in [0.717, 1.165) is 22.7 Å². The second-order valence-electron chi connectivity index (χ2n) is 14.7. The molecule has 1 aromatic heterocycles. The van der Waals surface area contributed by atoms with Crippen LogP contribution in [-0.2, 0) is 5.41 Å². The van der Waals surface area contributed by atoms with Crippen molar-refractivity contribution in [3.63, 3.8) is 0 Å². The standard InChI is InChI=1S/C52H36N2/c1-52(48-19-9-6-16-44(48)45-17-7-10-20-49(45)52)39-24-28-40(29-25-39)53(41-26-22-35-12-2-4-14-37(35)32-41)43-30-31-51-47(34-43)46-18-8-11-21-50(46)54(51)42-27-23-36-13-3-5-15-38(36)33-42/h2-34H,1H3. The molecule has 0 radical (unpaired) electrons. The van der Waals surface area contributed by atoms with Gasteiger partial charge in [0.1, 0.15) is 0 Å². The van der Waals surface area contributed by atoms with Crippen LogP contribution in [0.4, 0.5) is 17.1 Å². The third-order valence-electron chi connectivity index (χ3n) is 11.8. The summed E-state index contributed by atoms with van der Waals surface area (Å²) in [7, 11) is 0. The van der Waals surface area contributed by atoms with E-state index in [4.69, 9.17) is 0 Å². The highest BCUT2D eigenvalue weighted by Gasteiger charge is 2.40. The number of hydrogen-bond acceptors (Lipinski definition) is 1. The Morgan fingerprint density at radius 1 is 0.389 bits per heavy atom. The summed E-state index contributed by atoms with van der Waals surface area (Å²) in [6.45, 7) is 2.38. The van der Waals surface area contributed by atoms with Gasteiger partial charge in [-0.2, -0.15) is 0 Å². The molecule has 0 bridgehead atoms. The fraction of sp³-hybridized carbons (Fsp3) is 0.0385. The van der Waals surface area contributed by atoms with Crippen molar-refractivity contribution in [3.8, 4) is 16.8 Å². The number of anilines is 3. The average Bonchev–Trinajstić information content (AvgIpc) is 3.71. The zero-order valence-corrected chi connectivity index (χ0v) is 29.9. The molecule has 10 aromatic rings. The summed E-state index contributed by atoms with van der Waals surface area (Å²) in [5.41, 5.74) is 13.3. The predicted octanol–water partition coefficient (Wildman–Crippen LogP) is 13.9. The van der Waals surface area contributed by atoms with Crippen molar-refractivity contribution in [2.24, 2.45) is 0 Å². The van der Waals surface area contributed by atoms with Crippen LogP contribution in [0.15, 0.2) is 200 Å². The van der Waals surface area contributed by atoms with Crippen molar-refractivity contribution in [2.75, 3.05) is 4.90 Å². The Morgan fingerprint density at radius 3 is 1.63 bits per heavy atom. The van der Waals surface area contributed by atoms with Crippen LogP contribution >= 0.6 is 0 Å². The molecule has 0 atom stereocenters. The molecular weight excluding hydrogens is 653 g/mol. The molecule has 0 saturated heterocycles. The van der Waals surface area contributed by atoms with E-state index in [1.165, 1.54) is 71.2 Å². The van der Waals surface area contributed by atoms with E-state index in [0.29, 0.717) is 0 Å². The van der Waals surface area contributed by atoms with Gasteiger partial charge in [-0.3, -0.25) is 0 Å². The Balaban J connectivity index is 1.09. The second-order valence-corrected chi connectivity index (χ2v) is 14.7. The molecular formula is C52H36N2. The van der Waals surface area contributed by atoms with E-state index in [-0.39, 0.29) is 5.41 Å². The minimum Gasteiger partial charge on any atom is -0.310 e. The summed E-state index contributed by atoms with van der Waals surface area (Å²) in [6.07, 6.45) is 0. The van der Waals surface area contributed by atoms with Crippen LogP contribution in [0.2, 0.25) is 0 Å². The van der Waals surface area contributed by atoms with Crippen molar-refractivity contribution < 1.29 is 0 Å². The van der Waals surface area contributed by atoms with E-state index < -0.39 is 0 Å². The largest absolute Gasteiger partial charge is 0.310 e. The molecule has 1 heterocycles. The molecule has 9 aromatic carbocycles. The van der Waals surface area contributed by atoms with E-state index in [9.17, 15) is 0 Å². The fourth-order valence-electron chi connectivity index (χ4n) is 9.16. The van der Waals surface area contributed by atoms with Crippen LogP contribution in [0.25, 0.3) is 60.2 Å². The summed E-state index contributed by atoms with van der Waals surface area (Å²) < 4.78 is 2.41. The lowest BCUT2D eigenvalue weighted by atomic mass is 9.74. The van der Waals surface area contributed by atoms with Gasteiger partial charge in [-0.25, -0.2) is 0 Å². The highest BCUT2D eigenvalue weighted by Crippen LogP contribution is 2.52. The number of rotatable bonds is 5. The van der Waals surface area contributed by atoms with Gasteiger partial charge in [0.15, 0.2) is 0 Å². The summed E-state index contributed by atoms with van der Waals surface area (Å²) in [5.74, 6) is 0. The molecule has 0 aliphatic heterocycles. The van der Waals surface area contributed by atoms with Crippen LogP contribution in [0.5, 0.6) is 0 Å². The molecule has 1 aliphatic rings. The SMILES string of the molecule is CC1(c2ccc(N(c3ccc4ccccc4c3)c3ccc4c(c3)c3ccccc3n4-c3ccc4ccccc4c3)cc2)c2ccccc2-c2ccccc21. The van der Waals surface area contributed by atoms with Crippen LogP contribution in [0, 0.1) is 0 Å². The number of para-hydroxylation sites is 1. The minimum absolute atomic E-state index is 0.247. The maximum atomic E-state index is 2.41. The van der Waals surface area contributed by atoms with Crippen molar-refractivity contribution in [2.45, 2.75) is 12.3 Å². The number of aromatic nitrogens is 1. The maximum Gasteiger partial charge on any atom is 0.0542 e. The zero-order valence-electron chi connectivity index (χ0n) is 29.9. The zero-order chi connectivity index (χ0) is 35.8. The molecule has 1 aliphatic carbocycles. The van der Waals surface area contributed by atoms with Crippen LogP contribution in [-0.4, -0.2) is 4.57 Å². The summed E-state index contributed by atoms with van der Waals surface area (Å²) in [4.78, 5) is 2.41. The molecule has 0 spiro atoms. The first kappa shape index (κ1) is 30.7. The van der Waals surface area contributed by atoms with Gasteiger partial charge in [-0.1, -0.05) is 140 Å². The first-order chi connectivity index (χ1) is 26.6. The topological polar surface area (TPSA) is 8.17 Å². The maximum absolute atomic E-state index is 2.41. The highest BCUT2D eigenvalue weighted by atomic mass is 15.1. The summed E-state index contributed by atoms with van der Waals surface area (Å²) in [6, 6.07) is 73.6. The lowest BCUT2D eigenvalue weighted by Gasteiger charge is -2.30. The molecule has 54 heavy (non-hydrogen) atoms.